The van der Waals surface area contributed by atoms with Crippen molar-refractivity contribution < 1.29 is 13.7 Å². The predicted octanol–water partition coefficient (Wildman–Crippen LogP) is 3.16. The van der Waals surface area contributed by atoms with Gasteiger partial charge in [-0.25, -0.2) is 13.7 Å². The summed E-state index contributed by atoms with van der Waals surface area (Å²) < 4.78 is 19.9. The fraction of sp³-hybridized carbons (Fsp3) is 0.562. The van der Waals surface area contributed by atoms with Crippen molar-refractivity contribution in [3.8, 4) is 0 Å². The van der Waals surface area contributed by atoms with Crippen LogP contribution in [0.25, 0.3) is 0 Å². The summed E-state index contributed by atoms with van der Waals surface area (Å²) in [6, 6.07) is 7.48. The molecule has 1 unspecified atom stereocenters. The third-order valence-corrected chi connectivity index (χ3v) is 3.38. The van der Waals surface area contributed by atoms with Crippen LogP contribution in [0, 0.1) is 6.92 Å². The number of amides is 1. The van der Waals surface area contributed by atoms with E-state index in [1.165, 1.54) is 0 Å². The van der Waals surface area contributed by atoms with Gasteiger partial charge in [-0.3, -0.25) is 0 Å². The molecule has 1 rings (SSSR count). The van der Waals surface area contributed by atoms with Crippen molar-refractivity contribution in [3.05, 3.63) is 29.8 Å². The second-order valence-corrected chi connectivity index (χ2v) is 6.71. The van der Waals surface area contributed by atoms with Crippen LogP contribution in [0.2, 0.25) is 0 Å². The van der Waals surface area contributed by atoms with Crippen LogP contribution in [0.3, 0.4) is 0 Å². The molecular weight excluding hydrogens is 300 g/mol. The van der Waals surface area contributed by atoms with E-state index in [1.54, 1.807) is 26.8 Å². The average Bonchev–Trinajstić information content (AvgIpc) is 2.43. The van der Waals surface area contributed by atoms with Gasteiger partial charge in [0.2, 0.25) is 0 Å². The van der Waals surface area contributed by atoms with E-state index >= 15 is 0 Å². The third-order valence-electron chi connectivity index (χ3n) is 2.23. The first-order valence-corrected chi connectivity index (χ1v) is 8.62. The number of ether oxygens (including phenoxy) is 1. The molecule has 22 heavy (non-hydrogen) atoms. The predicted molar refractivity (Wildman–Crippen MR) is 91.2 cm³/mol. The SMILES string of the molecule is CC.Cc1cccc(S(=O)NCCNC(=O)OC(C)(C)C)c1. The molecule has 0 radical (unpaired) electrons. The minimum absolute atomic E-state index is 0.354. The molecule has 0 fully saturated rings. The zero-order valence-electron chi connectivity index (χ0n) is 14.4. The monoisotopic (exact) mass is 328 g/mol. The fourth-order valence-electron chi connectivity index (χ4n) is 1.44. The molecule has 1 amide bonds. The van der Waals surface area contributed by atoms with E-state index in [-0.39, 0.29) is 0 Å². The molecule has 1 aromatic rings. The number of nitrogens with one attached hydrogen (secondary N) is 2. The molecule has 0 spiro atoms. The van der Waals surface area contributed by atoms with Crippen LogP contribution in [-0.4, -0.2) is 29.0 Å². The first kappa shape index (κ1) is 20.6. The first-order chi connectivity index (χ1) is 10.3. The molecule has 0 saturated carbocycles. The largest absolute Gasteiger partial charge is 0.444 e. The van der Waals surface area contributed by atoms with Gasteiger partial charge in [0.15, 0.2) is 0 Å². The Morgan fingerprint density at radius 2 is 1.86 bits per heavy atom. The van der Waals surface area contributed by atoms with Crippen LogP contribution in [0.15, 0.2) is 29.2 Å². The van der Waals surface area contributed by atoms with Crippen molar-refractivity contribution in [2.75, 3.05) is 13.1 Å². The molecule has 1 aromatic carbocycles. The van der Waals surface area contributed by atoms with E-state index in [0.717, 1.165) is 10.5 Å². The second kappa shape index (κ2) is 10.3. The van der Waals surface area contributed by atoms with Gasteiger partial charge in [0.1, 0.15) is 16.6 Å². The van der Waals surface area contributed by atoms with Gasteiger partial charge in [-0.2, -0.15) is 0 Å². The maximum atomic E-state index is 11.9. The summed E-state index contributed by atoms with van der Waals surface area (Å²) >= 11 is 0. The molecule has 6 heteroatoms. The Bertz CT molecular complexity index is 485. The van der Waals surface area contributed by atoms with Gasteiger partial charge in [0.25, 0.3) is 0 Å². The molecule has 126 valence electrons. The van der Waals surface area contributed by atoms with Gasteiger partial charge >= 0.3 is 6.09 Å². The van der Waals surface area contributed by atoms with Crippen LogP contribution in [0.1, 0.15) is 40.2 Å². The van der Waals surface area contributed by atoms with E-state index in [0.29, 0.717) is 13.1 Å². The molecule has 2 N–H and O–H groups in total. The lowest BCUT2D eigenvalue weighted by atomic mass is 10.2. The minimum atomic E-state index is -1.27. The first-order valence-electron chi connectivity index (χ1n) is 7.47. The summed E-state index contributed by atoms with van der Waals surface area (Å²) in [5.74, 6) is 0. The van der Waals surface area contributed by atoms with Crippen molar-refractivity contribution >= 4 is 17.1 Å². The Labute approximate surface area is 136 Å². The van der Waals surface area contributed by atoms with Gasteiger partial charge in [0.05, 0.1) is 4.90 Å². The Morgan fingerprint density at radius 1 is 1.23 bits per heavy atom. The maximum absolute atomic E-state index is 11.9. The Balaban J connectivity index is 0.00000211. The summed E-state index contributed by atoms with van der Waals surface area (Å²) in [4.78, 5) is 12.1. The zero-order valence-corrected chi connectivity index (χ0v) is 15.2. The number of hydrogen-bond donors (Lipinski definition) is 2. The van der Waals surface area contributed by atoms with Crippen LogP contribution in [0.4, 0.5) is 4.79 Å². The highest BCUT2D eigenvalue weighted by Gasteiger charge is 2.15. The van der Waals surface area contributed by atoms with Gasteiger partial charge in [-0.1, -0.05) is 26.0 Å². The van der Waals surface area contributed by atoms with Crippen molar-refractivity contribution in [1.29, 1.82) is 0 Å². The van der Waals surface area contributed by atoms with Crippen LogP contribution in [-0.2, 0) is 15.7 Å². The lowest BCUT2D eigenvalue weighted by molar-refractivity contribution is 0.0529. The van der Waals surface area contributed by atoms with Crippen LogP contribution < -0.4 is 10.0 Å². The smallest absolute Gasteiger partial charge is 0.407 e. The Kier molecular flexibility index (Phi) is 9.69. The molecule has 0 heterocycles. The van der Waals surface area contributed by atoms with Gasteiger partial charge in [-0.15, -0.1) is 0 Å². The fourth-order valence-corrected chi connectivity index (χ4v) is 2.39. The lowest BCUT2D eigenvalue weighted by Gasteiger charge is -2.19. The van der Waals surface area contributed by atoms with E-state index in [1.807, 2.05) is 39.0 Å². The quantitative estimate of drug-likeness (QED) is 0.816. The van der Waals surface area contributed by atoms with E-state index in [9.17, 15) is 9.00 Å². The number of alkyl carbamates (subject to hydrolysis) is 1. The molecule has 5 nitrogen and oxygen atoms in total. The molecule has 0 bridgehead atoms. The highest BCUT2D eigenvalue weighted by atomic mass is 32.2. The number of carbonyl (C=O) groups is 1. The molecule has 0 aliphatic rings. The third kappa shape index (κ3) is 9.52. The maximum Gasteiger partial charge on any atom is 0.407 e. The molecule has 1 atom stereocenters. The number of aryl methyl sites for hydroxylation is 1. The van der Waals surface area contributed by atoms with E-state index in [4.69, 9.17) is 4.74 Å². The Morgan fingerprint density at radius 3 is 2.41 bits per heavy atom. The van der Waals surface area contributed by atoms with Crippen molar-refractivity contribution in [2.24, 2.45) is 0 Å². The summed E-state index contributed by atoms with van der Waals surface area (Å²) in [6.07, 6.45) is -0.472. The number of hydrogen-bond acceptors (Lipinski definition) is 3. The van der Waals surface area contributed by atoms with Gasteiger partial charge < -0.3 is 10.1 Å². The minimum Gasteiger partial charge on any atom is -0.444 e. The molecule has 0 saturated heterocycles. The van der Waals surface area contributed by atoms with E-state index in [2.05, 4.69) is 10.0 Å². The highest BCUT2D eigenvalue weighted by Crippen LogP contribution is 2.07. The molecule has 0 aliphatic heterocycles. The number of rotatable bonds is 5. The number of benzene rings is 1. The molecule has 0 aromatic heterocycles. The summed E-state index contributed by atoms with van der Waals surface area (Å²) in [5, 5.41) is 2.60. The van der Waals surface area contributed by atoms with Crippen LogP contribution >= 0.6 is 0 Å². The molecule has 0 aliphatic carbocycles. The second-order valence-electron chi connectivity index (χ2n) is 5.41. The Hall–Kier alpha value is -1.40. The summed E-state index contributed by atoms with van der Waals surface area (Å²) in [6.45, 7) is 12.1. The highest BCUT2D eigenvalue weighted by molar-refractivity contribution is 7.83. The van der Waals surface area contributed by atoms with E-state index < -0.39 is 22.7 Å². The van der Waals surface area contributed by atoms with Gasteiger partial charge in [0, 0.05) is 13.1 Å². The molecular formula is C16H28N2O3S. The number of carbonyl (C=O) groups excluding carboxylic acids is 1. The van der Waals surface area contributed by atoms with Crippen LogP contribution in [0.5, 0.6) is 0 Å². The summed E-state index contributed by atoms with van der Waals surface area (Å²) in [5.41, 5.74) is 0.548. The van der Waals surface area contributed by atoms with Gasteiger partial charge in [-0.05, 0) is 45.4 Å². The van der Waals surface area contributed by atoms with Crippen molar-refractivity contribution in [3.63, 3.8) is 0 Å². The van der Waals surface area contributed by atoms with Crippen molar-refractivity contribution in [2.45, 2.75) is 52.0 Å². The zero-order chi connectivity index (χ0) is 17.2. The summed E-state index contributed by atoms with van der Waals surface area (Å²) in [7, 11) is -1.27. The lowest BCUT2D eigenvalue weighted by Crippen LogP contribution is -2.36. The van der Waals surface area contributed by atoms with Crippen molar-refractivity contribution in [1.82, 2.24) is 10.0 Å². The average molecular weight is 328 g/mol. The normalized spacial score (nSPS) is 11.9. The standard InChI is InChI=1S/C14H22N2O3S.C2H6/c1-11-6-5-7-12(10-11)20(18)16-9-8-15-13(17)19-14(2,3)4;1-2/h5-7,10,16H,8-9H2,1-4H3,(H,15,17);1-2H3. The topological polar surface area (TPSA) is 67.4 Å².